The van der Waals surface area contributed by atoms with Crippen LogP contribution in [-0.4, -0.2) is 92.7 Å². The highest BCUT2D eigenvalue weighted by atomic mass is 32.1. The summed E-state index contributed by atoms with van der Waals surface area (Å²) >= 11 is 1.44. The van der Waals surface area contributed by atoms with Gasteiger partial charge in [0, 0.05) is 44.4 Å². The Balaban J connectivity index is 1.30. The van der Waals surface area contributed by atoms with Crippen molar-refractivity contribution in [3.05, 3.63) is 48.1 Å². The fraction of sp³-hybridized carbons (Fsp3) is 0.419. The Kier molecular flexibility index (Phi) is 7.53. The molecule has 3 aliphatic heterocycles. The molecule has 45 heavy (non-hydrogen) atoms. The third-order valence-corrected chi connectivity index (χ3v) is 9.89. The molecule has 1 unspecified atom stereocenters. The van der Waals surface area contributed by atoms with E-state index in [2.05, 4.69) is 37.5 Å². The lowest BCUT2D eigenvalue weighted by Gasteiger charge is -2.41. The largest absolute Gasteiger partial charge is 0.461 e. The molecule has 3 fully saturated rings. The van der Waals surface area contributed by atoms with Crippen LogP contribution in [0.1, 0.15) is 25.7 Å². The number of hydrogen-bond donors (Lipinski definition) is 0. The second-order valence-electron chi connectivity index (χ2n) is 11.7. The number of amides is 1. The summed E-state index contributed by atoms with van der Waals surface area (Å²) < 4.78 is 51.8. The number of hydrogen-bond acceptors (Lipinski definition) is 10. The number of carbonyl (C=O) groups is 1. The minimum atomic E-state index is -1.11. The molecule has 3 aliphatic rings. The number of rotatable bonds is 7. The van der Waals surface area contributed by atoms with E-state index in [1.807, 2.05) is 12.1 Å². The minimum absolute atomic E-state index is 0.0183. The molecule has 1 aromatic carbocycles. The Morgan fingerprint density at radius 2 is 2.07 bits per heavy atom. The number of ether oxygens (including phenoxy) is 1. The summed E-state index contributed by atoms with van der Waals surface area (Å²) in [4.78, 5) is 35.8. The monoisotopic (exact) mass is 634 g/mol. The average Bonchev–Trinajstić information content (AvgIpc) is 3.74. The van der Waals surface area contributed by atoms with Crippen LogP contribution in [0.5, 0.6) is 6.01 Å². The van der Waals surface area contributed by atoms with E-state index in [4.69, 9.17) is 4.74 Å². The van der Waals surface area contributed by atoms with Crippen LogP contribution in [0.4, 0.5) is 19.0 Å². The van der Waals surface area contributed by atoms with Crippen molar-refractivity contribution in [2.24, 2.45) is 0 Å². The molecule has 3 saturated heterocycles. The molecule has 0 radical (unpaired) electrons. The van der Waals surface area contributed by atoms with Crippen LogP contribution in [0, 0.1) is 17.1 Å². The van der Waals surface area contributed by atoms with Gasteiger partial charge in [-0.2, -0.15) is 15.2 Å². The number of nitrogens with zero attached hydrogens (tertiary/aromatic N) is 8. The summed E-state index contributed by atoms with van der Waals surface area (Å²) in [6, 6.07) is 6.79. The molecule has 0 spiro atoms. The average molecular weight is 635 g/mol. The first-order valence-electron chi connectivity index (χ1n) is 14.8. The summed E-state index contributed by atoms with van der Waals surface area (Å²) in [6.45, 7) is 4.84. The maximum Gasteiger partial charge on any atom is 0.319 e. The summed E-state index contributed by atoms with van der Waals surface area (Å²) in [5, 5.41) is 9.78. The fourth-order valence-corrected chi connectivity index (χ4v) is 7.69. The smallest absolute Gasteiger partial charge is 0.319 e. The molecular weight excluding hydrogens is 605 g/mol. The Morgan fingerprint density at radius 3 is 2.89 bits per heavy atom. The number of thiazole rings is 1. The number of alkyl halides is 1. The number of aromatic nitrogens is 4. The van der Waals surface area contributed by atoms with Crippen LogP contribution in [0.3, 0.4) is 0 Å². The predicted molar refractivity (Wildman–Crippen MR) is 163 cm³/mol. The lowest BCUT2D eigenvalue weighted by Crippen LogP contribution is -2.55. The number of pyridine rings is 1. The normalized spacial score (nSPS) is 23.4. The van der Waals surface area contributed by atoms with Gasteiger partial charge < -0.3 is 14.5 Å². The summed E-state index contributed by atoms with van der Waals surface area (Å²) in [6.07, 6.45) is 2.55. The molecule has 0 N–H and O–H groups in total. The third kappa shape index (κ3) is 5.13. The second kappa shape index (κ2) is 11.5. The first kappa shape index (κ1) is 29.4. The molecule has 1 amide bonds. The van der Waals surface area contributed by atoms with E-state index >= 15 is 4.39 Å². The van der Waals surface area contributed by atoms with E-state index in [0.717, 1.165) is 24.1 Å². The van der Waals surface area contributed by atoms with Crippen molar-refractivity contribution in [2.45, 2.75) is 43.4 Å². The summed E-state index contributed by atoms with van der Waals surface area (Å²) in [7, 11) is 0. The van der Waals surface area contributed by atoms with E-state index in [1.165, 1.54) is 22.4 Å². The van der Waals surface area contributed by atoms with Gasteiger partial charge in [-0.05, 0) is 25.5 Å². The quantitative estimate of drug-likeness (QED) is 0.265. The zero-order valence-electron chi connectivity index (χ0n) is 24.3. The Labute approximate surface area is 260 Å². The van der Waals surface area contributed by atoms with Crippen molar-refractivity contribution in [3.63, 3.8) is 0 Å². The lowest BCUT2D eigenvalue weighted by atomic mass is 9.95. The highest BCUT2D eigenvalue weighted by Gasteiger charge is 2.49. The molecule has 6 heterocycles. The Morgan fingerprint density at radius 1 is 1.20 bits per heavy atom. The van der Waals surface area contributed by atoms with Gasteiger partial charge in [-0.25, -0.2) is 18.2 Å². The van der Waals surface area contributed by atoms with Gasteiger partial charge in [0.15, 0.2) is 11.6 Å². The first-order valence-corrected chi connectivity index (χ1v) is 15.6. The number of carbonyl (C=O) groups excluding carboxylic acids is 1. The standard InChI is InChI=1S/C31H29F3N8O2S/c1-18(32)29(43)42-11-10-40(15-20(42)6-8-35)28-22-13-36-26(21-4-2-5-23-25(21)37-17-45-23)24(34)27(22)38-30(39-28)44-16-31-7-3-9-41(31)14-19(33)12-31/h2,4-5,13,17,19-20H,1,3,6-7,9-12,14-16H2/t19-,20+,31?/m1/s1. The maximum atomic E-state index is 16.5. The zero-order valence-corrected chi connectivity index (χ0v) is 25.1. The van der Waals surface area contributed by atoms with Crippen molar-refractivity contribution in [1.29, 1.82) is 5.26 Å². The molecule has 0 bridgehead atoms. The minimum Gasteiger partial charge on any atom is -0.461 e. The SMILES string of the molecule is C=C(F)C(=O)N1CCN(c2nc(OCC34CCCN3C[C@H](F)C4)nc3c(F)c(-c4cccc5scnc45)ncc23)C[C@@H]1CC#N. The van der Waals surface area contributed by atoms with E-state index in [1.54, 1.807) is 16.5 Å². The summed E-state index contributed by atoms with van der Waals surface area (Å²) in [5.74, 6) is -2.35. The number of nitriles is 1. The number of para-hydroxylation sites is 1. The van der Waals surface area contributed by atoms with Gasteiger partial charge in [0.25, 0.3) is 5.91 Å². The molecule has 14 heteroatoms. The van der Waals surface area contributed by atoms with Crippen LogP contribution < -0.4 is 9.64 Å². The van der Waals surface area contributed by atoms with Gasteiger partial charge in [-0.15, -0.1) is 11.3 Å². The van der Waals surface area contributed by atoms with Gasteiger partial charge in [-0.3, -0.25) is 14.7 Å². The molecule has 0 aliphatic carbocycles. The fourth-order valence-electron chi connectivity index (χ4n) is 6.99. The molecule has 10 nitrogen and oxygen atoms in total. The number of fused-ring (bicyclic) bond motifs is 3. The molecule has 3 aromatic heterocycles. The van der Waals surface area contributed by atoms with Crippen LogP contribution in [0.25, 0.3) is 32.4 Å². The molecule has 232 valence electrons. The first-order chi connectivity index (χ1) is 21.8. The van der Waals surface area contributed by atoms with Crippen molar-refractivity contribution >= 4 is 44.2 Å². The van der Waals surface area contributed by atoms with Crippen LogP contribution in [0.2, 0.25) is 0 Å². The van der Waals surface area contributed by atoms with Crippen molar-refractivity contribution in [3.8, 4) is 23.3 Å². The topological polar surface area (TPSA) is 111 Å². The highest BCUT2D eigenvalue weighted by Crippen LogP contribution is 2.41. The molecular formula is C31H29F3N8O2S. The van der Waals surface area contributed by atoms with Crippen molar-refractivity contribution in [2.75, 3.05) is 44.2 Å². The van der Waals surface area contributed by atoms with E-state index < -0.39 is 35.3 Å². The summed E-state index contributed by atoms with van der Waals surface area (Å²) in [5.41, 5.74) is 2.41. The van der Waals surface area contributed by atoms with Gasteiger partial charge in [-0.1, -0.05) is 18.7 Å². The zero-order chi connectivity index (χ0) is 31.3. The molecule has 7 rings (SSSR count). The second-order valence-corrected chi connectivity index (χ2v) is 12.6. The number of halogens is 3. The van der Waals surface area contributed by atoms with E-state index in [-0.39, 0.29) is 49.9 Å². The number of benzene rings is 1. The van der Waals surface area contributed by atoms with Gasteiger partial charge in [0.1, 0.15) is 29.8 Å². The molecule has 4 aromatic rings. The number of anilines is 1. The van der Waals surface area contributed by atoms with Crippen LogP contribution >= 0.6 is 11.3 Å². The van der Waals surface area contributed by atoms with E-state index in [0.29, 0.717) is 35.2 Å². The molecule has 3 atom stereocenters. The van der Waals surface area contributed by atoms with Crippen LogP contribution in [0.15, 0.2) is 42.3 Å². The maximum absolute atomic E-state index is 16.5. The van der Waals surface area contributed by atoms with Crippen LogP contribution in [-0.2, 0) is 4.79 Å². The highest BCUT2D eigenvalue weighted by molar-refractivity contribution is 7.16. The lowest BCUT2D eigenvalue weighted by molar-refractivity contribution is -0.131. The number of piperazine rings is 1. The third-order valence-electron chi connectivity index (χ3n) is 9.09. The Hall–Kier alpha value is -4.35. The Bertz CT molecular complexity index is 1860. The molecule has 0 saturated carbocycles. The van der Waals surface area contributed by atoms with Gasteiger partial charge in [0.05, 0.1) is 45.2 Å². The van der Waals surface area contributed by atoms with Crippen molar-refractivity contribution < 1.29 is 22.7 Å². The predicted octanol–water partition coefficient (Wildman–Crippen LogP) is 4.81. The van der Waals surface area contributed by atoms with Gasteiger partial charge in [0.2, 0.25) is 0 Å². The van der Waals surface area contributed by atoms with Gasteiger partial charge >= 0.3 is 6.01 Å². The van der Waals surface area contributed by atoms with Crippen molar-refractivity contribution in [1.82, 2.24) is 29.7 Å². The van der Waals surface area contributed by atoms with E-state index in [9.17, 15) is 18.8 Å².